The Morgan fingerprint density at radius 2 is 1.86 bits per heavy atom. The lowest BCUT2D eigenvalue weighted by Gasteiger charge is -2.23. The van der Waals surface area contributed by atoms with Crippen molar-refractivity contribution < 1.29 is 23.8 Å². The van der Waals surface area contributed by atoms with Gasteiger partial charge in [0.2, 0.25) is 5.91 Å². The Bertz CT molecular complexity index is 1330. The summed E-state index contributed by atoms with van der Waals surface area (Å²) < 4.78 is 17.2. The van der Waals surface area contributed by atoms with Crippen LogP contribution in [0.15, 0.2) is 60.7 Å². The SMILES string of the molecule is CCOCCCC(=O)c1ccc(CN2C(=O)C3(COc4cc5c(cc43)CCO5)c3ccccc32)cc1. The summed E-state index contributed by atoms with van der Waals surface area (Å²) >= 11 is 0. The fourth-order valence-electron chi connectivity index (χ4n) is 5.61. The van der Waals surface area contributed by atoms with Crippen molar-refractivity contribution in [1.29, 1.82) is 0 Å². The van der Waals surface area contributed by atoms with Gasteiger partial charge in [-0.2, -0.15) is 0 Å². The molecule has 0 saturated carbocycles. The van der Waals surface area contributed by atoms with Gasteiger partial charge in [0.25, 0.3) is 0 Å². The molecule has 1 atom stereocenters. The molecule has 184 valence electrons. The highest BCUT2D eigenvalue weighted by molar-refractivity contribution is 6.11. The van der Waals surface area contributed by atoms with Crippen LogP contribution in [0.1, 0.15) is 52.4 Å². The largest absolute Gasteiger partial charge is 0.493 e. The van der Waals surface area contributed by atoms with E-state index in [4.69, 9.17) is 14.2 Å². The second kappa shape index (κ2) is 9.10. The molecule has 3 aliphatic rings. The van der Waals surface area contributed by atoms with Crippen LogP contribution >= 0.6 is 0 Å². The smallest absolute Gasteiger partial charge is 0.246 e. The maximum atomic E-state index is 14.1. The van der Waals surface area contributed by atoms with Gasteiger partial charge in [0.15, 0.2) is 5.78 Å². The molecule has 3 aliphatic heterocycles. The van der Waals surface area contributed by atoms with Crippen LogP contribution in [0.5, 0.6) is 11.5 Å². The first-order valence-electron chi connectivity index (χ1n) is 12.7. The van der Waals surface area contributed by atoms with Crippen molar-refractivity contribution in [2.45, 2.75) is 38.1 Å². The maximum absolute atomic E-state index is 14.1. The molecular weight excluding hydrogens is 454 g/mol. The van der Waals surface area contributed by atoms with Gasteiger partial charge >= 0.3 is 0 Å². The van der Waals surface area contributed by atoms with Gasteiger partial charge < -0.3 is 19.1 Å². The summed E-state index contributed by atoms with van der Waals surface area (Å²) in [4.78, 5) is 28.5. The lowest BCUT2D eigenvalue weighted by molar-refractivity contribution is -0.122. The molecule has 6 nitrogen and oxygen atoms in total. The van der Waals surface area contributed by atoms with Crippen molar-refractivity contribution in [3.63, 3.8) is 0 Å². The third-order valence-corrected chi connectivity index (χ3v) is 7.47. The third-order valence-electron chi connectivity index (χ3n) is 7.47. The molecule has 0 bridgehead atoms. The van der Waals surface area contributed by atoms with Gasteiger partial charge in [-0.15, -0.1) is 0 Å². The highest BCUT2D eigenvalue weighted by atomic mass is 16.5. The van der Waals surface area contributed by atoms with E-state index in [0.717, 1.165) is 45.9 Å². The van der Waals surface area contributed by atoms with Crippen molar-refractivity contribution in [1.82, 2.24) is 0 Å². The molecule has 0 fully saturated rings. The Morgan fingerprint density at radius 1 is 1.03 bits per heavy atom. The first-order chi connectivity index (χ1) is 17.6. The second-order valence-corrected chi connectivity index (χ2v) is 9.58. The number of anilines is 1. The number of para-hydroxylation sites is 1. The van der Waals surface area contributed by atoms with Crippen LogP contribution in [0.2, 0.25) is 0 Å². The van der Waals surface area contributed by atoms with Crippen molar-refractivity contribution in [3.05, 3.63) is 88.5 Å². The van der Waals surface area contributed by atoms with Crippen LogP contribution in [0.3, 0.4) is 0 Å². The van der Waals surface area contributed by atoms with Crippen molar-refractivity contribution in [2.24, 2.45) is 0 Å². The molecule has 1 amide bonds. The molecule has 1 spiro atoms. The quantitative estimate of drug-likeness (QED) is 0.339. The Morgan fingerprint density at radius 3 is 2.69 bits per heavy atom. The van der Waals surface area contributed by atoms with Gasteiger partial charge in [-0.25, -0.2) is 0 Å². The maximum Gasteiger partial charge on any atom is 0.246 e. The zero-order valence-electron chi connectivity index (χ0n) is 20.4. The van der Waals surface area contributed by atoms with Crippen LogP contribution in [0.25, 0.3) is 0 Å². The Kier molecular flexibility index (Phi) is 5.76. The Balaban J connectivity index is 1.27. The minimum absolute atomic E-state index is 0.0254. The molecule has 0 aromatic heterocycles. The van der Waals surface area contributed by atoms with E-state index < -0.39 is 5.41 Å². The predicted octanol–water partition coefficient (Wildman–Crippen LogP) is 4.85. The second-order valence-electron chi connectivity index (χ2n) is 9.58. The van der Waals surface area contributed by atoms with E-state index in [9.17, 15) is 9.59 Å². The number of hydrogen-bond acceptors (Lipinski definition) is 5. The van der Waals surface area contributed by atoms with Crippen LogP contribution < -0.4 is 14.4 Å². The van der Waals surface area contributed by atoms with E-state index in [0.29, 0.717) is 44.8 Å². The number of Topliss-reactive ketones (excluding diaryl/α,β-unsaturated/α-hetero) is 1. The van der Waals surface area contributed by atoms with Crippen molar-refractivity contribution in [3.8, 4) is 11.5 Å². The van der Waals surface area contributed by atoms with Crippen LogP contribution in [-0.2, 0) is 27.9 Å². The molecule has 3 heterocycles. The molecule has 3 aromatic carbocycles. The lowest BCUT2D eigenvalue weighted by atomic mass is 9.76. The summed E-state index contributed by atoms with van der Waals surface area (Å²) in [7, 11) is 0. The average molecular weight is 484 g/mol. The standard InChI is InChI=1S/C30H29NO5/c1-2-34-14-5-8-26(32)21-11-9-20(10-12-21)18-31-25-7-4-3-6-23(25)30(29(31)33)19-36-28-17-27-22(13-15-35-27)16-24(28)30/h3-4,6-7,9-12,16-17H,2,5,8,13-15,18-19H2,1H3. The van der Waals surface area contributed by atoms with Crippen molar-refractivity contribution in [2.75, 3.05) is 31.3 Å². The van der Waals surface area contributed by atoms with Crippen LogP contribution in [0, 0.1) is 0 Å². The first-order valence-corrected chi connectivity index (χ1v) is 12.7. The number of benzene rings is 3. The highest BCUT2D eigenvalue weighted by Gasteiger charge is 2.57. The summed E-state index contributed by atoms with van der Waals surface area (Å²) in [6, 6.07) is 19.7. The van der Waals surface area contributed by atoms with E-state index in [1.807, 2.05) is 66.4 Å². The predicted molar refractivity (Wildman–Crippen MR) is 136 cm³/mol. The zero-order chi connectivity index (χ0) is 24.7. The summed E-state index contributed by atoms with van der Waals surface area (Å²) in [6.45, 7) is 4.59. The number of rotatable bonds is 8. The molecule has 6 rings (SSSR count). The molecule has 0 saturated heterocycles. The fourth-order valence-corrected chi connectivity index (χ4v) is 5.61. The lowest BCUT2D eigenvalue weighted by Crippen LogP contribution is -2.42. The van der Waals surface area contributed by atoms with Crippen LogP contribution in [0.4, 0.5) is 5.69 Å². The molecule has 0 N–H and O–H groups in total. The van der Waals surface area contributed by atoms with E-state index in [1.165, 1.54) is 0 Å². The highest BCUT2D eigenvalue weighted by Crippen LogP contribution is 2.54. The van der Waals surface area contributed by atoms with Gasteiger partial charge in [-0.05, 0) is 42.2 Å². The number of hydrogen-bond donors (Lipinski definition) is 0. The number of ketones is 1. The van der Waals surface area contributed by atoms with Crippen LogP contribution in [-0.4, -0.2) is 38.1 Å². The number of ether oxygens (including phenoxy) is 3. The summed E-state index contributed by atoms with van der Waals surface area (Å²) in [5.41, 5.74) is 4.76. The third kappa shape index (κ3) is 3.59. The van der Waals surface area contributed by atoms with Gasteiger partial charge in [-0.3, -0.25) is 9.59 Å². The first kappa shape index (κ1) is 22.8. The minimum atomic E-state index is -0.847. The van der Waals surface area contributed by atoms with Gasteiger partial charge in [0.05, 0.1) is 13.2 Å². The van der Waals surface area contributed by atoms with Crippen molar-refractivity contribution >= 4 is 17.4 Å². The fraction of sp³-hybridized carbons (Fsp3) is 0.333. The topological polar surface area (TPSA) is 65.1 Å². The molecule has 0 radical (unpaired) electrons. The number of amides is 1. The number of carbonyl (C=O) groups excluding carboxylic acids is 2. The van der Waals surface area contributed by atoms with Gasteiger partial charge in [0.1, 0.15) is 23.5 Å². The minimum Gasteiger partial charge on any atom is -0.493 e. The van der Waals surface area contributed by atoms with Gasteiger partial charge in [0, 0.05) is 48.9 Å². The number of nitrogens with zero attached hydrogens (tertiary/aromatic N) is 1. The Labute approximate surface area is 210 Å². The Hall–Kier alpha value is -3.64. The van der Waals surface area contributed by atoms with E-state index >= 15 is 0 Å². The summed E-state index contributed by atoms with van der Waals surface area (Å²) in [6.07, 6.45) is 2.03. The molecule has 1 unspecified atom stereocenters. The number of fused-ring (bicyclic) bond motifs is 5. The molecule has 6 heteroatoms. The van der Waals surface area contributed by atoms with E-state index in [1.54, 1.807) is 0 Å². The average Bonchev–Trinajstić information content (AvgIpc) is 3.58. The molecule has 3 aromatic rings. The monoisotopic (exact) mass is 483 g/mol. The molecule has 0 aliphatic carbocycles. The van der Waals surface area contributed by atoms with Gasteiger partial charge in [-0.1, -0.05) is 42.5 Å². The van der Waals surface area contributed by atoms with E-state index in [2.05, 4.69) is 6.07 Å². The van der Waals surface area contributed by atoms with E-state index in [-0.39, 0.29) is 18.3 Å². The number of carbonyl (C=O) groups is 2. The summed E-state index contributed by atoms with van der Waals surface area (Å²) in [5, 5.41) is 0. The molecule has 36 heavy (non-hydrogen) atoms. The summed E-state index contributed by atoms with van der Waals surface area (Å²) in [5.74, 6) is 1.72. The zero-order valence-corrected chi connectivity index (χ0v) is 20.4. The normalized spacial score (nSPS) is 19.1. The molecular formula is C30H29NO5.